The van der Waals surface area contributed by atoms with E-state index in [0.717, 1.165) is 21.7 Å². The predicted octanol–water partition coefficient (Wildman–Crippen LogP) is 5.84. The van der Waals surface area contributed by atoms with Gasteiger partial charge < -0.3 is 4.74 Å². The van der Waals surface area contributed by atoms with E-state index in [4.69, 9.17) is 9.72 Å². The van der Waals surface area contributed by atoms with Crippen molar-refractivity contribution in [3.63, 3.8) is 0 Å². The highest BCUT2D eigenvalue weighted by molar-refractivity contribution is 9.10. The summed E-state index contributed by atoms with van der Waals surface area (Å²) in [5.41, 5.74) is 2.57. The number of benzene rings is 3. The number of ether oxygens (including phenoxy) is 1. The summed E-state index contributed by atoms with van der Waals surface area (Å²) in [7, 11) is 0. The van der Waals surface area contributed by atoms with Crippen molar-refractivity contribution in [3.8, 4) is 11.4 Å². The Hall–Kier alpha value is -2.57. The Balaban J connectivity index is 1.77. The first-order valence-electron chi connectivity index (χ1n) is 9.28. The van der Waals surface area contributed by atoms with Gasteiger partial charge >= 0.3 is 0 Å². The Labute approximate surface area is 181 Å². The van der Waals surface area contributed by atoms with Crippen LogP contribution in [-0.2, 0) is 5.75 Å². The molecule has 0 bridgehead atoms. The minimum atomic E-state index is -0.0712. The van der Waals surface area contributed by atoms with Crippen molar-refractivity contribution in [1.29, 1.82) is 0 Å². The van der Waals surface area contributed by atoms with Crippen molar-refractivity contribution < 1.29 is 4.74 Å². The molecule has 4 aromatic rings. The molecule has 0 aliphatic carbocycles. The van der Waals surface area contributed by atoms with E-state index < -0.39 is 0 Å². The number of hydrogen-bond acceptors (Lipinski definition) is 4. The van der Waals surface area contributed by atoms with Crippen molar-refractivity contribution in [2.24, 2.45) is 0 Å². The summed E-state index contributed by atoms with van der Waals surface area (Å²) in [6.45, 7) is 2.55. The zero-order valence-corrected chi connectivity index (χ0v) is 18.2. The highest BCUT2D eigenvalue weighted by Gasteiger charge is 2.13. The van der Waals surface area contributed by atoms with Crippen LogP contribution in [0.1, 0.15) is 12.5 Å². The van der Waals surface area contributed by atoms with E-state index in [2.05, 4.69) is 28.1 Å². The summed E-state index contributed by atoms with van der Waals surface area (Å²) in [6, 6.07) is 23.2. The van der Waals surface area contributed by atoms with E-state index in [1.54, 1.807) is 16.3 Å². The van der Waals surface area contributed by atoms with E-state index in [1.807, 2.05) is 67.6 Å². The number of hydrogen-bond donors (Lipinski definition) is 0. The maximum atomic E-state index is 13.3. The number of para-hydroxylation sites is 1. The molecule has 146 valence electrons. The van der Waals surface area contributed by atoms with Gasteiger partial charge in [0.2, 0.25) is 0 Å². The monoisotopic (exact) mass is 466 g/mol. The number of fused-ring (bicyclic) bond motifs is 1. The largest absolute Gasteiger partial charge is 0.494 e. The number of thioether (sulfide) groups is 1. The predicted molar refractivity (Wildman–Crippen MR) is 122 cm³/mol. The van der Waals surface area contributed by atoms with Crippen LogP contribution in [0.5, 0.6) is 5.75 Å². The molecule has 1 heterocycles. The van der Waals surface area contributed by atoms with Gasteiger partial charge in [0, 0.05) is 10.2 Å². The van der Waals surface area contributed by atoms with Gasteiger partial charge in [0.05, 0.1) is 23.2 Å². The van der Waals surface area contributed by atoms with E-state index >= 15 is 0 Å². The fourth-order valence-electron chi connectivity index (χ4n) is 3.02. The van der Waals surface area contributed by atoms with Crippen LogP contribution >= 0.6 is 27.7 Å². The Kier molecular flexibility index (Phi) is 6.02. The number of rotatable bonds is 6. The van der Waals surface area contributed by atoms with Gasteiger partial charge in [-0.15, -0.1) is 0 Å². The smallest absolute Gasteiger partial charge is 0.266 e. The van der Waals surface area contributed by atoms with Crippen molar-refractivity contribution in [2.45, 2.75) is 17.8 Å². The van der Waals surface area contributed by atoms with E-state index in [1.165, 1.54) is 5.56 Å². The minimum absolute atomic E-state index is 0.0712. The zero-order chi connectivity index (χ0) is 20.2. The van der Waals surface area contributed by atoms with Crippen molar-refractivity contribution >= 4 is 38.6 Å². The first kappa shape index (κ1) is 19.7. The molecule has 4 rings (SSSR count). The average molecular weight is 467 g/mol. The zero-order valence-electron chi connectivity index (χ0n) is 15.8. The summed E-state index contributed by atoms with van der Waals surface area (Å²) in [5, 5.41) is 1.27. The van der Waals surface area contributed by atoms with Gasteiger partial charge in [-0.25, -0.2) is 4.98 Å². The highest BCUT2D eigenvalue weighted by Crippen LogP contribution is 2.26. The van der Waals surface area contributed by atoms with Crippen molar-refractivity contribution in [1.82, 2.24) is 9.55 Å². The lowest BCUT2D eigenvalue weighted by Crippen LogP contribution is -2.21. The van der Waals surface area contributed by atoms with Crippen molar-refractivity contribution in [3.05, 3.63) is 93.2 Å². The molecule has 0 saturated carbocycles. The van der Waals surface area contributed by atoms with Crippen LogP contribution in [0.25, 0.3) is 16.6 Å². The molecule has 0 spiro atoms. The Morgan fingerprint density at radius 2 is 1.72 bits per heavy atom. The van der Waals surface area contributed by atoms with Crippen molar-refractivity contribution in [2.75, 3.05) is 6.61 Å². The lowest BCUT2D eigenvalue weighted by molar-refractivity contribution is 0.340. The molecular weight excluding hydrogens is 448 g/mol. The normalized spacial score (nSPS) is 11.0. The maximum Gasteiger partial charge on any atom is 0.266 e. The van der Waals surface area contributed by atoms with E-state index in [9.17, 15) is 4.79 Å². The molecule has 1 aromatic heterocycles. The minimum Gasteiger partial charge on any atom is -0.494 e. The van der Waals surface area contributed by atoms with Crippen LogP contribution in [0.3, 0.4) is 0 Å². The van der Waals surface area contributed by atoms with Gasteiger partial charge in [0.15, 0.2) is 5.16 Å². The molecule has 0 radical (unpaired) electrons. The summed E-state index contributed by atoms with van der Waals surface area (Å²) in [4.78, 5) is 18.1. The molecule has 4 nitrogen and oxygen atoms in total. The molecule has 0 fully saturated rings. The standard InChI is InChI=1S/C23H19BrN2O2S/c1-2-28-19-13-11-18(12-14-19)26-22(27)20-5-3-4-6-21(20)25-23(26)29-15-16-7-9-17(24)10-8-16/h3-14H,2,15H2,1H3. The molecule has 3 aromatic carbocycles. The summed E-state index contributed by atoms with van der Waals surface area (Å²) in [6.07, 6.45) is 0. The lowest BCUT2D eigenvalue weighted by Gasteiger charge is -2.14. The first-order chi connectivity index (χ1) is 14.2. The SMILES string of the molecule is CCOc1ccc(-n2c(SCc3ccc(Br)cc3)nc3ccccc3c2=O)cc1. The van der Waals surface area contributed by atoms with Crippen LogP contribution in [0.4, 0.5) is 0 Å². The Morgan fingerprint density at radius 3 is 2.45 bits per heavy atom. The summed E-state index contributed by atoms with van der Waals surface area (Å²) >= 11 is 5.01. The molecule has 0 aliphatic heterocycles. The second-order valence-electron chi connectivity index (χ2n) is 6.39. The summed E-state index contributed by atoms with van der Waals surface area (Å²) < 4.78 is 8.26. The number of nitrogens with zero attached hydrogens (tertiary/aromatic N) is 2. The topological polar surface area (TPSA) is 44.1 Å². The molecule has 0 atom stereocenters. The van der Waals surface area contributed by atoms with Gasteiger partial charge in [0.25, 0.3) is 5.56 Å². The second-order valence-corrected chi connectivity index (χ2v) is 8.25. The molecule has 0 N–H and O–H groups in total. The average Bonchev–Trinajstić information content (AvgIpc) is 2.75. The Morgan fingerprint density at radius 1 is 1.00 bits per heavy atom. The van der Waals surface area contributed by atoms with Crippen LogP contribution in [0, 0.1) is 0 Å². The third-order valence-corrected chi connectivity index (χ3v) is 5.97. The van der Waals surface area contributed by atoms with Crippen LogP contribution < -0.4 is 10.3 Å². The molecule has 0 saturated heterocycles. The number of aromatic nitrogens is 2. The molecule has 29 heavy (non-hydrogen) atoms. The molecule has 6 heteroatoms. The lowest BCUT2D eigenvalue weighted by atomic mass is 10.2. The Bertz CT molecular complexity index is 1190. The maximum absolute atomic E-state index is 13.3. The van der Waals surface area contributed by atoms with Crippen LogP contribution in [0.2, 0.25) is 0 Å². The molecule has 0 unspecified atom stereocenters. The van der Waals surface area contributed by atoms with E-state index in [-0.39, 0.29) is 5.56 Å². The molecular formula is C23H19BrN2O2S. The quantitative estimate of drug-likeness (QED) is 0.264. The second kappa shape index (κ2) is 8.84. The fraction of sp³-hybridized carbons (Fsp3) is 0.130. The third kappa shape index (κ3) is 4.38. The van der Waals surface area contributed by atoms with Gasteiger partial charge in [-0.2, -0.15) is 0 Å². The first-order valence-corrected chi connectivity index (χ1v) is 11.1. The van der Waals surface area contributed by atoms with Gasteiger partial charge in [-0.05, 0) is 61.0 Å². The van der Waals surface area contributed by atoms with Crippen LogP contribution in [0.15, 0.2) is 87.2 Å². The fourth-order valence-corrected chi connectivity index (χ4v) is 4.26. The van der Waals surface area contributed by atoms with Gasteiger partial charge in [0.1, 0.15) is 5.75 Å². The van der Waals surface area contributed by atoms with Gasteiger partial charge in [-0.1, -0.05) is 52.0 Å². The number of halogens is 1. The third-order valence-electron chi connectivity index (χ3n) is 4.43. The molecule has 0 amide bonds. The summed E-state index contributed by atoms with van der Waals surface area (Å²) in [5.74, 6) is 1.50. The molecule has 0 aliphatic rings. The van der Waals surface area contributed by atoms with Gasteiger partial charge in [-0.3, -0.25) is 9.36 Å². The van der Waals surface area contributed by atoms with E-state index in [0.29, 0.717) is 22.7 Å². The highest BCUT2D eigenvalue weighted by atomic mass is 79.9. The van der Waals surface area contributed by atoms with Crippen LogP contribution in [-0.4, -0.2) is 16.2 Å².